The average Bonchev–Trinajstić information content (AvgIpc) is 2.88. The molecule has 0 aliphatic carbocycles. The predicted molar refractivity (Wildman–Crippen MR) is 140 cm³/mol. The van der Waals surface area contributed by atoms with Crippen LogP contribution >= 0.6 is 0 Å². The number of alkyl halides is 3. The molecule has 1 aliphatic heterocycles. The smallest absolute Gasteiger partial charge is 0.322 e. The third-order valence-corrected chi connectivity index (χ3v) is 6.77. The molecule has 1 saturated heterocycles. The van der Waals surface area contributed by atoms with E-state index in [2.05, 4.69) is 36.0 Å². The highest BCUT2D eigenvalue weighted by molar-refractivity contribution is 5.99. The van der Waals surface area contributed by atoms with Crippen molar-refractivity contribution in [1.29, 1.82) is 0 Å². The van der Waals surface area contributed by atoms with Gasteiger partial charge in [-0.3, -0.25) is 4.79 Å². The van der Waals surface area contributed by atoms with Gasteiger partial charge in [-0.05, 0) is 62.1 Å². The first-order valence-electron chi connectivity index (χ1n) is 12.6. The molecule has 0 radical (unpaired) electrons. The van der Waals surface area contributed by atoms with Gasteiger partial charge in [0.15, 0.2) is 0 Å². The Morgan fingerprint density at radius 3 is 2.49 bits per heavy atom. The summed E-state index contributed by atoms with van der Waals surface area (Å²) in [6.07, 6.45) is 0.337. The number of rotatable bonds is 9. The standard InChI is InChI=1S/C28H35F3N4O2/c1-4-9-20(3)34-16-14-24(15-17-34)35(19-21-10-6-7-13-25(21)33-26(36)5-2)27(37)32-23-12-8-11-22(18-23)28(29,30)31/h5-8,10-13,18,20,24H,2,4,9,14-17,19H2,1,3H3,(H,32,37)(H,33,36)/t20-/m0/s1. The molecule has 2 N–H and O–H groups in total. The summed E-state index contributed by atoms with van der Waals surface area (Å²) < 4.78 is 39.6. The largest absolute Gasteiger partial charge is 0.416 e. The first-order valence-corrected chi connectivity index (χ1v) is 12.6. The van der Waals surface area contributed by atoms with Gasteiger partial charge in [0, 0.05) is 43.1 Å². The van der Waals surface area contributed by atoms with Gasteiger partial charge >= 0.3 is 12.2 Å². The Bertz CT molecular complexity index is 1080. The number of urea groups is 1. The van der Waals surface area contributed by atoms with E-state index in [1.807, 2.05) is 12.1 Å². The Hall–Kier alpha value is -3.33. The molecule has 0 spiro atoms. The molecule has 0 bridgehead atoms. The van der Waals surface area contributed by atoms with Crippen molar-refractivity contribution in [2.45, 2.75) is 64.3 Å². The second-order valence-electron chi connectivity index (χ2n) is 9.39. The van der Waals surface area contributed by atoms with Crippen LogP contribution in [0.25, 0.3) is 0 Å². The maximum absolute atomic E-state index is 13.5. The number of nitrogens with zero attached hydrogens (tertiary/aromatic N) is 2. The van der Waals surface area contributed by atoms with Crippen LogP contribution in [0, 0.1) is 0 Å². The van der Waals surface area contributed by atoms with Gasteiger partial charge in [-0.25, -0.2) is 4.79 Å². The van der Waals surface area contributed by atoms with Crippen LogP contribution in [0.1, 0.15) is 50.7 Å². The van der Waals surface area contributed by atoms with Gasteiger partial charge in [-0.2, -0.15) is 13.2 Å². The molecule has 1 aliphatic rings. The average molecular weight is 517 g/mol. The van der Waals surface area contributed by atoms with E-state index in [0.717, 1.165) is 56.5 Å². The highest BCUT2D eigenvalue weighted by atomic mass is 19.4. The Kier molecular flexibility index (Phi) is 9.74. The van der Waals surface area contributed by atoms with E-state index in [0.29, 0.717) is 11.7 Å². The van der Waals surface area contributed by atoms with Crippen LogP contribution in [0.5, 0.6) is 0 Å². The third kappa shape index (κ3) is 7.82. The topological polar surface area (TPSA) is 64.7 Å². The molecule has 3 amide bonds. The number of anilines is 2. The summed E-state index contributed by atoms with van der Waals surface area (Å²) in [5.74, 6) is -0.370. The number of nitrogens with one attached hydrogen (secondary N) is 2. The lowest BCUT2D eigenvalue weighted by atomic mass is 9.99. The number of benzene rings is 2. The summed E-state index contributed by atoms with van der Waals surface area (Å²) in [6.45, 7) is 9.69. The molecule has 200 valence electrons. The van der Waals surface area contributed by atoms with Crippen LogP contribution in [0.4, 0.5) is 29.3 Å². The van der Waals surface area contributed by atoms with Crippen LogP contribution in [-0.4, -0.2) is 46.9 Å². The highest BCUT2D eigenvalue weighted by Gasteiger charge is 2.32. The van der Waals surface area contributed by atoms with E-state index in [9.17, 15) is 22.8 Å². The summed E-state index contributed by atoms with van der Waals surface area (Å²) in [5.41, 5.74) is 0.525. The summed E-state index contributed by atoms with van der Waals surface area (Å²) in [4.78, 5) is 29.5. The molecule has 0 aromatic heterocycles. The number of carbonyl (C=O) groups is 2. The van der Waals surface area contributed by atoms with E-state index in [1.54, 1.807) is 17.0 Å². The number of para-hydroxylation sites is 1. The predicted octanol–water partition coefficient (Wildman–Crippen LogP) is 6.52. The lowest BCUT2D eigenvalue weighted by molar-refractivity contribution is -0.137. The Balaban J connectivity index is 1.84. The minimum absolute atomic E-state index is 0.0760. The van der Waals surface area contributed by atoms with E-state index in [4.69, 9.17) is 0 Å². The van der Waals surface area contributed by atoms with Crippen molar-refractivity contribution in [2.75, 3.05) is 23.7 Å². The van der Waals surface area contributed by atoms with Crippen molar-refractivity contribution in [3.8, 4) is 0 Å². The molecular weight excluding hydrogens is 481 g/mol. The molecule has 3 rings (SSSR count). The molecule has 9 heteroatoms. The minimum atomic E-state index is -4.51. The van der Waals surface area contributed by atoms with Crippen molar-refractivity contribution < 1.29 is 22.8 Å². The van der Waals surface area contributed by atoms with Crippen LogP contribution in [-0.2, 0) is 17.5 Å². The third-order valence-electron chi connectivity index (χ3n) is 6.77. The quantitative estimate of drug-likeness (QED) is 0.373. The zero-order valence-corrected chi connectivity index (χ0v) is 21.4. The molecule has 2 aromatic carbocycles. The van der Waals surface area contributed by atoms with Gasteiger partial charge in [0.05, 0.1) is 5.56 Å². The van der Waals surface area contributed by atoms with Crippen LogP contribution in [0.15, 0.2) is 61.2 Å². The van der Waals surface area contributed by atoms with Crippen molar-refractivity contribution in [2.24, 2.45) is 0 Å². The molecule has 2 aromatic rings. The first kappa shape index (κ1) is 28.2. The van der Waals surface area contributed by atoms with Gasteiger partial charge < -0.3 is 20.4 Å². The first-order chi connectivity index (χ1) is 17.6. The van der Waals surface area contributed by atoms with Gasteiger partial charge in [-0.15, -0.1) is 0 Å². The second kappa shape index (κ2) is 12.8. The van der Waals surface area contributed by atoms with Gasteiger partial charge in [0.25, 0.3) is 0 Å². The maximum Gasteiger partial charge on any atom is 0.416 e. The highest BCUT2D eigenvalue weighted by Crippen LogP contribution is 2.31. The fraction of sp³-hybridized carbons (Fsp3) is 0.429. The molecule has 6 nitrogen and oxygen atoms in total. The zero-order valence-electron chi connectivity index (χ0n) is 21.4. The number of piperidine rings is 1. The second-order valence-corrected chi connectivity index (χ2v) is 9.39. The number of hydrogen-bond donors (Lipinski definition) is 2. The Morgan fingerprint density at radius 1 is 1.14 bits per heavy atom. The summed E-state index contributed by atoms with van der Waals surface area (Å²) >= 11 is 0. The number of likely N-dealkylation sites (tertiary alicyclic amines) is 1. The molecule has 1 heterocycles. The van der Waals surface area contributed by atoms with Crippen LogP contribution < -0.4 is 10.6 Å². The monoisotopic (exact) mass is 516 g/mol. The minimum Gasteiger partial charge on any atom is -0.322 e. The Morgan fingerprint density at radius 2 is 1.84 bits per heavy atom. The van der Waals surface area contributed by atoms with E-state index in [-0.39, 0.29) is 24.2 Å². The zero-order chi connectivity index (χ0) is 27.0. The van der Waals surface area contributed by atoms with Crippen molar-refractivity contribution >= 4 is 23.3 Å². The lowest BCUT2D eigenvalue weighted by Gasteiger charge is -2.41. The number of carbonyl (C=O) groups excluding carboxylic acids is 2. The number of amides is 3. The molecule has 1 fully saturated rings. The van der Waals surface area contributed by atoms with Crippen LogP contribution in [0.2, 0.25) is 0 Å². The number of hydrogen-bond acceptors (Lipinski definition) is 3. The summed E-state index contributed by atoms with van der Waals surface area (Å²) in [7, 11) is 0. The van der Waals surface area contributed by atoms with E-state index in [1.165, 1.54) is 18.2 Å². The normalized spacial score (nSPS) is 15.6. The van der Waals surface area contributed by atoms with Gasteiger partial charge in [0.2, 0.25) is 5.91 Å². The van der Waals surface area contributed by atoms with Crippen molar-refractivity contribution in [3.63, 3.8) is 0 Å². The van der Waals surface area contributed by atoms with Crippen molar-refractivity contribution in [3.05, 3.63) is 72.3 Å². The van der Waals surface area contributed by atoms with E-state index >= 15 is 0 Å². The number of halogens is 3. The SMILES string of the molecule is C=CC(=O)Nc1ccccc1CN(C(=O)Nc1cccc(C(F)(F)F)c1)C1CCN([C@@H](C)CCC)CC1. The maximum atomic E-state index is 13.5. The molecule has 1 atom stereocenters. The molecule has 37 heavy (non-hydrogen) atoms. The van der Waals surface area contributed by atoms with E-state index < -0.39 is 17.8 Å². The van der Waals surface area contributed by atoms with Crippen molar-refractivity contribution in [1.82, 2.24) is 9.80 Å². The Labute approximate surface area is 216 Å². The summed E-state index contributed by atoms with van der Waals surface area (Å²) in [6, 6.07) is 11.6. The molecule has 0 saturated carbocycles. The van der Waals surface area contributed by atoms with Crippen LogP contribution in [0.3, 0.4) is 0 Å². The molecular formula is C28H35F3N4O2. The summed E-state index contributed by atoms with van der Waals surface area (Å²) in [5, 5.41) is 5.44. The fourth-order valence-corrected chi connectivity index (χ4v) is 4.72. The van der Waals surface area contributed by atoms with Gasteiger partial charge in [0.1, 0.15) is 0 Å². The lowest BCUT2D eigenvalue weighted by Crippen LogP contribution is -2.50. The van der Waals surface area contributed by atoms with Gasteiger partial charge in [-0.1, -0.05) is 44.2 Å². The fourth-order valence-electron chi connectivity index (χ4n) is 4.72. The molecule has 0 unspecified atom stereocenters.